The van der Waals surface area contributed by atoms with E-state index in [4.69, 9.17) is 0 Å². The third-order valence-corrected chi connectivity index (χ3v) is 4.97. The minimum absolute atomic E-state index is 0.321. The first kappa shape index (κ1) is 19.5. The molecule has 1 aliphatic heterocycles. The summed E-state index contributed by atoms with van der Waals surface area (Å²) in [7, 11) is 2.18. The topological polar surface area (TPSA) is 69.2 Å². The first-order valence-electron chi connectivity index (χ1n) is 9.86. The molecule has 2 aromatic heterocycles. The van der Waals surface area contributed by atoms with E-state index in [1.807, 2.05) is 24.3 Å². The normalized spacial score (nSPS) is 16.9. The number of hydrogen-bond donors (Lipinski definition) is 2. The maximum atomic E-state index is 4.66. The predicted octanol–water partition coefficient (Wildman–Crippen LogP) is 2.41. The van der Waals surface area contributed by atoms with Gasteiger partial charge >= 0.3 is 0 Å². The van der Waals surface area contributed by atoms with Crippen LogP contribution in [0.1, 0.15) is 20.3 Å². The van der Waals surface area contributed by atoms with Crippen molar-refractivity contribution in [3.8, 4) is 11.4 Å². The molecule has 3 rings (SSSR count). The second-order valence-electron chi connectivity index (χ2n) is 7.20. The van der Waals surface area contributed by atoms with Gasteiger partial charge in [-0.1, -0.05) is 13.0 Å². The summed E-state index contributed by atoms with van der Waals surface area (Å²) < 4.78 is 0. The SMILES string of the molecule is CC[C@H](C)Nc1nc(NCCN2CCN(C)CC2)cc(-c2ccccn2)n1. The molecular formula is C20H31N7. The van der Waals surface area contributed by atoms with Gasteiger partial charge in [-0.2, -0.15) is 4.98 Å². The van der Waals surface area contributed by atoms with E-state index in [0.29, 0.717) is 12.0 Å². The van der Waals surface area contributed by atoms with Crippen molar-refractivity contribution in [2.45, 2.75) is 26.3 Å². The highest BCUT2D eigenvalue weighted by Gasteiger charge is 2.14. The van der Waals surface area contributed by atoms with Crippen LogP contribution in [0.25, 0.3) is 11.4 Å². The van der Waals surface area contributed by atoms with E-state index in [2.05, 4.69) is 56.3 Å². The number of nitrogens with zero attached hydrogens (tertiary/aromatic N) is 5. The molecule has 0 spiro atoms. The van der Waals surface area contributed by atoms with E-state index in [0.717, 1.165) is 62.9 Å². The predicted molar refractivity (Wildman–Crippen MR) is 111 cm³/mol. The van der Waals surface area contributed by atoms with E-state index >= 15 is 0 Å². The highest BCUT2D eigenvalue weighted by Crippen LogP contribution is 2.20. The van der Waals surface area contributed by atoms with Crippen molar-refractivity contribution >= 4 is 11.8 Å². The molecule has 0 radical (unpaired) electrons. The Hall–Kier alpha value is -2.25. The number of rotatable bonds is 8. The third-order valence-electron chi connectivity index (χ3n) is 4.97. The lowest BCUT2D eigenvalue weighted by Crippen LogP contribution is -2.45. The van der Waals surface area contributed by atoms with Crippen LogP contribution >= 0.6 is 0 Å². The van der Waals surface area contributed by atoms with Crippen molar-refractivity contribution in [2.75, 3.05) is 56.9 Å². The zero-order valence-corrected chi connectivity index (χ0v) is 16.6. The van der Waals surface area contributed by atoms with Gasteiger partial charge in [0, 0.05) is 57.6 Å². The Morgan fingerprint density at radius 3 is 2.63 bits per heavy atom. The van der Waals surface area contributed by atoms with Crippen molar-refractivity contribution in [3.63, 3.8) is 0 Å². The molecule has 1 atom stereocenters. The van der Waals surface area contributed by atoms with Crippen molar-refractivity contribution in [1.82, 2.24) is 24.8 Å². The summed E-state index contributed by atoms with van der Waals surface area (Å²) in [6.45, 7) is 10.7. The van der Waals surface area contributed by atoms with Gasteiger partial charge in [-0.25, -0.2) is 4.98 Å². The van der Waals surface area contributed by atoms with Crippen LogP contribution < -0.4 is 10.6 Å². The van der Waals surface area contributed by atoms with Gasteiger partial charge in [0.1, 0.15) is 5.82 Å². The fraction of sp³-hybridized carbons (Fsp3) is 0.550. The van der Waals surface area contributed by atoms with Crippen molar-refractivity contribution in [3.05, 3.63) is 30.5 Å². The van der Waals surface area contributed by atoms with Crippen LogP contribution in [0.4, 0.5) is 11.8 Å². The van der Waals surface area contributed by atoms with Crippen molar-refractivity contribution < 1.29 is 0 Å². The van der Waals surface area contributed by atoms with Gasteiger partial charge in [-0.15, -0.1) is 0 Å². The summed E-state index contributed by atoms with van der Waals surface area (Å²) in [4.78, 5) is 18.6. The first-order valence-corrected chi connectivity index (χ1v) is 9.86. The molecule has 7 nitrogen and oxygen atoms in total. The Morgan fingerprint density at radius 1 is 1.11 bits per heavy atom. The van der Waals surface area contributed by atoms with Crippen molar-refractivity contribution in [1.29, 1.82) is 0 Å². The van der Waals surface area contributed by atoms with E-state index in [1.165, 1.54) is 0 Å². The lowest BCUT2D eigenvalue weighted by molar-refractivity contribution is 0.158. The van der Waals surface area contributed by atoms with Crippen LogP contribution in [0.5, 0.6) is 0 Å². The Bertz CT molecular complexity index is 699. The summed E-state index contributed by atoms with van der Waals surface area (Å²) in [5, 5.41) is 6.85. The molecule has 0 amide bonds. The van der Waals surface area contributed by atoms with Gasteiger partial charge in [-0.3, -0.25) is 9.88 Å². The van der Waals surface area contributed by atoms with Gasteiger partial charge in [-0.05, 0) is 32.5 Å². The zero-order valence-electron chi connectivity index (χ0n) is 16.6. The fourth-order valence-corrected chi connectivity index (χ4v) is 2.98. The number of hydrogen-bond acceptors (Lipinski definition) is 7. The Labute approximate surface area is 162 Å². The Morgan fingerprint density at radius 2 is 1.93 bits per heavy atom. The van der Waals surface area contributed by atoms with E-state index < -0.39 is 0 Å². The summed E-state index contributed by atoms with van der Waals surface area (Å²) in [6, 6.07) is 8.17. The summed E-state index contributed by atoms with van der Waals surface area (Å²) in [5.74, 6) is 1.49. The second kappa shape index (κ2) is 9.62. The quantitative estimate of drug-likeness (QED) is 0.740. The molecule has 1 aliphatic rings. The lowest BCUT2D eigenvalue weighted by atomic mass is 10.2. The number of anilines is 2. The molecule has 0 unspecified atom stereocenters. The molecule has 27 heavy (non-hydrogen) atoms. The minimum Gasteiger partial charge on any atom is -0.369 e. The molecule has 2 N–H and O–H groups in total. The molecule has 7 heteroatoms. The summed E-state index contributed by atoms with van der Waals surface area (Å²) >= 11 is 0. The first-order chi connectivity index (χ1) is 13.1. The lowest BCUT2D eigenvalue weighted by Gasteiger charge is -2.32. The molecule has 0 aromatic carbocycles. The summed E-state index contributed by atoms with van der Waals surface area (Å²) in [5.41, 5.74) is 1.69. The van der Waals surface area contributed by atoms with Crippen LogP contribution in [0.15, 0.2) is 30.5 Å². The van der Waals surface area contributed by atoms with E-state index in [9.17, 15) is 0 Å². The highest BCUT2D eigenvalue weighted by molar-refractivity contribution is 5.60. The van der Waals surface area contributed by atoms with Crippen LogP contribution in [0, 0.1) is 0 Å². The van der Waals surface area contributed by atoms with Gasteiger partial charge in [0.25, 0.3) is 0 Å². The van der Waals surface area contributed by atoms with Gasteiger partial charge in [0.15, 0.2) is 0 Å². The average Bonchev–Trinajstić information content (AvgIpc) is 2.70. The van der Waals surface area contributed by atoms with Gasteiger partial charge in [0.05, 0.1) is 11.4 Å². The molecule has 1 fully saturated rings. The molecule has 0 saturated carbocycles. The standard InChI is InChI=1S/C20H31N7/c1-4-16(2)23-20-24-18(17-7-5-6-8-21-17)15-19(25-20)22-9-10-27-13-11-26(3)12-14-27/h5-8,15-16H,4,9-14H2,1-3H3,(H2,22,23,24,25)/t16-/m0/s1. The number of pyridine rings is 1. The fourth-order valence-electron chi connectivity index (χ4n) is 2.98. The van der Waals surface area contributed by atoms with Crippen molar-refractivity contribution in [2.24, 2.45) is 0 Å². The largest absolute Gasteiger partial charge is 0.369 e. The van der Waals surface area contributed by atoms with E-state index in [-0.39, 0.29) is 0 Å². The monoisotopic (exact) mass is 369 g/mol. The molecular weight excluding hydrogens is 338 g/mol. The molecule has 1 saturated heterocycles. The third kappa shape index (κ3) is 5.87. The molecule has 2 aromatic rings. The molecule has 0 aliphatic carbocycles. The molecule has 3 heterocycles. The second-order valence-corrected chi connectivity index (χ2v) is 7.20. The number of likely N-dealkylation sites (N-methyl/N-ethyl adjacent to an activating group) is 1. The summed E-state index contributed by atoms with van der Waals surface area (Å²) in [6.07, 6.45) is 2.81. The maximum Gasteiger partial charge on any atom is 0.225 e. The van der Waals surface area contributed by atoms with Crippen LogP contribution in [-0.2, 0) is 0 Å². The number of piperazine rings is 1. The maximum absolute atomic E-state index is 4.66. The smallest absolute Gasteiger partial charge is 0.225 e. The zero-order chi connectivity index (χ0) is 19.1. The van der Waals surface area contributed by atoms with Crippen LogP contribution in [0.2, 0.25) is 0 Å². The number of aromatic nitrogens is 3. The minimum atomic E-state index is 0.321. The Balaban J connectivity index is 1.68. The highest BCUT2D eigenvalue weighted by atomic mass is 15.3. The molecule has 146 valence electrons. The van der Waals surface area contributed by atoms with Crippen LogP contribution in [-0.4, -0.2) is 77.1 Å². The average molecular weight is 370 g/mol. The van der Waals surface area contributed by atoms with Gasteiger partial charge < -0.3 is 15.5 Å². The van der Waals surface area contributed by atoms with Gasteiger partial charge in [0.2, 0.25) is 5.95 Å². The van der Waals surface area contributed by atoms with Crippen LogP contribution in [0.3, 0.4) is 0 Å². The molecule has 0 bridgehead atoms. The number of nitrogens with one attached hydrogen (secondary N) is 2. The van der Waals surface area contributed by atoms with E-state index in [1.54, 1.807) is 6.20 Å². The Kier molecular flexibility index (Phi) is 6.95.